The molecule has 17 heavy (non-hydrogen) atoms. The number of hydrogen-bond acceptors (Lipinski definition) is 3. The lowest BCUT2D eigenvalue weighted by molar-refractivity contribution is -0.135. The van der Waals surface area contributed by atoms with Crippen molar-refractivity contribution < 1.29 is 9.59 Å². The number of primary amides is 1. The summed E-state index contributed by atoms with van der Waals surface area (Å²) in [4.78, 5) is 26.9. The third-order valence-electron chi connectivity index (χ3n) is 3.50. The zero-order valence-corrected chi connectivity index (χ0v) is 10.8. The SMILES string of the molecule is CCN(CC)CC(=O)N1CCC(C(N)=O)CC1. The largest absolute Gasteiger partial charge is 0.369 e. The molecule has 0 spiro atoms. The molecule has 0 aliphatic carbocycles. The van der Waals surface area contributed by atoms with E-state index in [0.717, 1.165) is 13.1 Å². The molecule has 2 N–H and O–H groups in total. The fraction of sp³-hybridized carbons (Fsp3) is 0.833. The van der Waals surface area contributed by atoms with Crippen molar-refractivity contribution in [3.63, 3.8) is 0 Å². The number of likely N-dealkylation sites (tertiary alicyclic amines) is 1. The van der Waals surface area contributed by atoms with E-state index in [4.69, 9.17) is 5.73 Å². The zero-order valence-electron chi connectivity index (χ0n) is 10.8. The Hall–Kier alpha value is -1.10. The molecule has 98 valence electrons. The number of carbonyl (C=O) groups is 2. The molecule has 1 rings (SSSR count). The van der Waals surface area contributed by atoms with Crippen molar-refractivity contribution in [2.45, 2.75) is 26.7 Å². The van der Waals surface area contributed by atoms with E-state index in [2.05, 4.69) is 18.7 Å². The van der Waals surface area contributed by atoms with Gasteiger partial charge in [0.25, 0.3) is 0 Å². The van der Waals surface area contributed by atoms with Crippen molar-refractivity contribution in [2.75, 3.05) is 32.7 Å². The van der Waals surface area contributed by atoms with Crippen LogP contribution < -0.4 is 5.73 Å². The average molecular weight is 241 g/mol. The summed E-state index contributed by atoms with van der Waals surface area (Å²) in [5.74, 6) is -0.120. The highest BCUT2D eigenvalue weighted by Gasteiger charge is 2.26. The van der Waals surface area contributed by atoms with Crippen LogP contribution in [0, 0.1) is 5.92 Å². The van der Waals surface area contributed by atoms with Crippen molar-refractivity contribution in [2.24, 2.45) is 11.7 Å². The number of carbonyl (C=O) groups excluding carboxylic acids is 2. The van der Waals surface area contributed by atoms with Crippen LogP contribution in [0.2, 0.25) is 0 Å². The van der Waals surface area contributed by atoms with Crippen LogP contribution in [0.5, 0.6) is 0 Å². The summed E-state index contributed by atoms with van der Waals surface area (Å²) >= 11 is 0. The predicted molar refractivity (Wildman–Crippen MR) is 66.3 cm³/mol. The number of rotatable bonds is 5. The Balaban J connectivity index is 2.38. The number of hydrogen-bond donors (Lipinski definition) is 1. The first-order chi connectivity index (χ1) is 8.08. The minimum atomic E-state index is -0.235. The first kappa shape index (κ1) is 14.0. The van der Waals surface area contributed by atoms with Gasteiger partial charge in [0.2, 0.25) is 11.8 Å². The van der Waals surface area contributed by atoms with E-state index >= 15 is 0 Å². The van der Waals surface area contributed by atoms with Crippen LogP contribution in [0.1, 0.15) is 26.7 Å². The van der Waals surface area contributed by atoms with Crippen molar-refractivity contribution in [1.82, 2.24) is 9.80 Å². The van der Waals surface area contributed by atoms with Crippen LogP contribution in [-0.2, 0) is 9.59 Å². The second kappa shape index (κ2) is 6.59. The van der Waals surface area contributed by atoms with Gasteiger partial charge in [-0.15, -0.1) is 0 Å². The van der Waals surface area contributed by atoms with Gasteiger partial charge in [-0.3, -0.25) is 14.5 Å². The Morgan fingerprint density at radius 1 is 1.24 bits per heavy atom. The molecular formula is C12H23N3O2. The fourth-order valence-electron chi connectivity index (χ4n) is 2.15. The Morgan fingerprint density at radius 2 is 1.76 bits per heavy atom. The van der Waals surface area contributed by atoms with Crippen molar-refractivity contribution in [1.29, 1.82) is 0 Å². The number of piperidine rings is 1. The molecule has 2 amide bonds. The third-order valence-corrected chi connectivity index (χ3v) is 3.50. The van der Waals surface area contributed by atoms with E-state index in [9.17, 15) is 9.59 Å². The summed E-state index contributed by atoms with van der Waals surface area (Å²) in [5, 5.41) is 0. The summed E-state index contributed by atoms with van der Waals surface area (Å²) in [6.07, 6.45) is 1.42. The van der Waals surface area contributed by atoms with E-state index < -0.39 is 0 Å². The zero-order chi connectivity index (χ0) is 12.8. The standard InChI is InChI=1S/C12H23N3O2/c1-3-14(4-2)9-11(16)15-7-5-10(6-8-15)12(13)17/h10H,3-9H2,1-2H3,(H2,13,17). The molecule has 1 heterocycles. The van der Waals surface area contributed by atoms with Crippen LogP contribution in [0.15, 0.2) is 0 Å². The van der Waals surface area contributed by atoms with Gasteiger partial charge < -0.3 is 10.6 Å². The maximum Gasteiger partial charge on any atom is 0.236 e. The average Bonchev–Trinajstić information content (AvgIpc) is 2.35. The third kappa shape index (κ3) is 4.00. The molecule has 1 aliphatic rings. The minimum Gasteiger partial charge on any atom is -0.369 e. The summed E-state index contributed by atoms with van der Waals surface area (Å²) < 4.78 is 0. The molecule has 0 aromatic rings. The molecule has 1 fully saturated rings. The van der Waals surface area contributed by atoms with Gasteiger partial charge in [0.05, 0.1) is 6.54 Å². The smallest absolute Gasteiger partial charge is 0.236 e. The van der Waals surface area contributed by atoms with Crippen LogP contribution in [0.4, 0.5) is 0 Å². The van der Waals surface area contributed by atoms with E-state index in [1.165, 1.54) is 0 Å². The highest BCUT2D eigenvalue weighted by atomic mass is 16.2. The van der Waals surface area contributed by atoms with Crippen LogP contribution in [0.3, 0.4) is 0 Å². The van der Waals surface area contributed by atoms with Crippen molar-refractivity contribution in [3.8, 4) is 0 Å². The van der Waals surface area contributed by atoms with Crippen molar-refractivity contribution >= 4 is 11.8 Å². The van der Waals surface area contributed by atoms with Gasteiger partial charge in [0.15, 0.2) is 0 Å². The summed E-state index contributed by atoms with van der Waals surface area (Å²) in [7, 11) is 0. The number of amides is 2. The van der Waals surface area contributed by atoms with Gasteiger partial charge in [-0.05, 0) is 25.9 Å². The number of likely N-dealkylation sites (N-methyl/N-ethyl adjacent to an activating group) is 1. The molecule has 5 nitrogen and oxygen atoms in total. The summed E-state index contributed by atoms with van der Waals surface area (Å²) in [5.41, 5.74) is 5.26. The van der Waals surface area contributed by atoms with E-state index in [0.29, 0.717) is 32.5 Å². The Kier molecular flexibility index (Phi) is 5.41. The lowest BCUT2D eigenvalue weighted by Crippen LogP contribution is -2.45. The monoisotopic (exact) mass is 241 g/mol. The molecular weight excluding hydrogens is 218 g/mol. The number of nitrogens with zero attached hydrogens (tertiary/aromatic N) is 2. The van der Waals surface area contributed by atoms with Crippen molar-refractivity contribution in [3.05, 3.63) is 0 Å². The highest BCUT2D eigenvalue weighted by molar-refractivity contribution is 5.80. The predicted octanol–water partition coefficient (Wildman–Crippen LogP) is 0.0521. The van der Waals surface area contributed by atoms with Gasteiger partial charge in [-0.2, -0.15) is 0 Å². The molecule has 1 saturated heterocycles. The first-order valence-electron chi connectivity index (χ1n) is 6.37. The maximum atomic E-state index is 12.0. The lowest BCUT2D eigenvalue weighted by Gasteiger charge is -2.32. The molecule has 0 saturated carbocycles. The first-order valence-corrected chi connectivity index (χ1v) is 6.37. The second-order valence-corrected chi connectivity index (χ2v) is 4.52. The molecule has 0 aromatic carbocycles. The second-order valence-electron chi connectivity index (χ2n) is 4.52. The Morgan fingerprint density at radius 3 is 2.18 bits per heavy atom. The lowest BCUT2D eigenvalue weighted by atomic mass is 9.96. The van der Waals surface area contributed by atoms with Crippen LogP contribution in [-0.4, -0.2) is 54.3 Å². The van der Waals surface area contributed by atoms with Crippen LogP contribution >= 0.6 is 0 Å². The fourth-order valence-corrected chi connectivity index (χ4v) is 2.15. The maximum absolute atomic E-state index is 12.0. The van der Waals surface area contributed by atoms with Gasteiger partial charge >= 0.3 is 0 Å². The Bertz CT molecular complexity index is 269. The summed E-state index contributed by atoms with van der Waals surface area (Å²) in [6.45, 7) is 7.68. The molecule has 1 aliphatic heterocycles. The van der Waals surface area contributed by atoms with E-state index in [1.807, 2.05) is 4.90 Å². The Labute approximate surface area is 103 Å². The number of nitrogens with two attached hydrogens (primary N) is 1. The molecule has 0 unspecified atom stereocenters. The van der Waals surface area contributed by atoms with Crippen LogP contribution in [0.25, 0.3) is 0 Å². The molecule has 0 radical (unpaired) electrons. The van der Waals surface area contributed by atoms with E-state index in [1.54, 1.807) is 0 Å². The molecule has 5 heteroatoms. The minimum absolute atomic E-state index is 0.0486. The van der Waals surface area contributed by atoms with Gasteiger partial charge in [0.1, 0.15) is 0 Å². The molecule has 0 bridgehead atoms. The topological polar surface area (TPSA) is 66.6 Å². The quantitative estimate of drug-likeness (QED) is 0.739. The van der Waals surface area contributed by atoms with E-state index in [-0.39, 0.29) is 17.7 Å². The highest BCUT2D eigenvalue weighted by Crippen LogP contribution is 2.16. The molecule has 0 atom stereocenters. The molecule has 0 aromatic heterocycles. The van der Waals surface area contributed by atoms with Gasteiger partial charge in [-0.1, -0.05) is 13.8 Å². The van der Waals surface area contributed by atoms with Gasteiger partial charge in [-0.25, -0.2) is 0 Å². The summed E-state index contributed by atoms with van der Waals surface area (Å²) in [6, 6.07) is 0. The normalized spacial score (nSPS) is 17.5. The van der Waals surface area contributed by atoms with Gasteiger partial charge in [0, 0.05) is 19.0 Å².